The fraction of sp³-hybridized carbons (Fsp3) is 0.538. The lowest BCUT2D eigenvalue weighted by atomic mass is 10.1. The third-order valence-electron chi connectivity index (χ3n) is 3.13. The van der Waals surface area contributed by atoms with Gasteiger partial charge in [0.2, 0.25) is 0 Å². The minimum Gasteiger partial charge on any atom is -0.314 e. The van der Waals surface area contributed by atoms with Gasteiger partial charge in [0.25, 0.3) is 0 Å². The second kappa shape index (κ2) is 6.57. The van der Waals surface area contributed by atoms with E-state index >= 15 is 0 Å². The fourth-order valence-electron chi connectivity index (χ4n) is 2.12. The average molecular weight is 330 g/mol. The number of rotatable bonds is 4. The van der Waals surface area contributed by atoms with E-state index in [-0.39, 0.29) is 0 Å². The summed E-state index contributed by atoms with van der Waals surface area (Å²) in [6.45, 7) is 3.56. The van der Waals surface area contributed by atoms with E-state index in [4.69, 9.17) is 0 Å². The van der Waals surface area contributed by atoms with E-state index in [9.17, 15) is 0 Å². The van der Waals surface area contributed by atoms with E-state index in [2.05, 4.69) is 61.6 Å². The van der Waals surface area contributed by atoms with Crippen molar-refractivity contribution in [3.63, 3.8) is 0 Å². The van der Waals surface area contributed by atoms with Gasteiger partial charge in [0.15, 0.2) is 0 Å². The summed E-state index contributed by atoms with van der Waals surface area (Å²) < 4.78 is 2.38. The van der Waals surface area contributed by atoms with E-state index in [1.54, 1.807) is 0 Å². The van der Waals surface area contributed by atoms with Crippen molar-refractivity contribution in [3.8, 4) is 0 Å². The van der Waals surface area contributed by atoms with Crippen LogP contribution in [-0.4, -0.2) is 28.8 Å². The summed E-state index contributed by atoms with van der Waals surface area (Å²) in [5, 5.41) is 3.66. The minimum absolute atomic E-state index is 0.731. The summed E-state index contributed by atoms with van der Waals surface area (Å²) in [6.07, 6.45) is 3.72. The molecule has 16 heavy (non-hydrogen) atoms. The lowest BCUT2D eigenvalue weighted by Crippen LogP contribution is -2.39. The molecule has 1 heterocycles. The minimum atomic E-state index is 0.731. The molecule has 1 saturated heterocycles. The normalized spacial score (nSPS) is 18.8. The first-order chi connectivity index (χ1) is 7.84. The van der Waals surface area contributed by atoms with Gasteiger partial charge in [-0.15, -0.1) is 0 Å². The molecule has 2 rings (SSSR count). The molecule has 1 aliphatic rings. The molecule has 1 fully saturated rings. The molecule has 0 bridgehead atoms. The SMILES string of the molecule is IN1CCC(NCCc2ccccc2)CC1. The summed E-state index contributed by atoms with van der Waals surface area (Å²) in [7, 11) is 0. The quantitative estimate of drug-likeness (QED) is 0.674. The summed E-state index contributed by atoms with van der Waals surface area (Å²) in [5.74, 6) is 0. The van der Waals surface area contributed by atoms with Crippen molar-refractivity contribution >= 4 is 22.9 Å². The molecular formula is C13H19IN2. The number of piperidine rings is 1. The van der Waals surface area contributed by atoms with Crippen molar-refractivity contribution in [3.05, 3.63) is 35.9 Å². The van der Waals surface area contributed by atoms with E-state index in [0.717, 1.165) is 19.0 Å². The standard InChI is InChI=1S/C13H19IN2/c14-16-10-7-13(8-11-16)15-9-6-12-4-2-1-3-5-12/h1-5,13,15H,6-11H2. The Labute approximate surface area is 112 Å². The van der Waals surface area contributed by atoms with E-state index in [1.165, 1.54) is 31.5 Å². The second-order valence-electron chi connectivity index (χ2n) is 4.37. The van der Waals surface area contributed by atoms with Crippen LogP contribution in [0.1, 0.15) is 18.4 Å². The van der Waals surface area contributed by atoms with Gasteiger partial charge in [0.05, 0.1) is 0 Å². The number of nitrogens with zero attached hydrogens (tertiary/aromatic N) is 1. The van der Waals surface area contributed by atoms with E-state index in [0.29, 0.717) is 0 Å². The highest BCUT2D eigenvalue weighted by atomic mass is 127. The van der Waals surface area contributed by atoms with Crippen LogP contribution in [0.2, 0.25) is 0 Å². The van der Waals surface area contributed by atoms with Crippen molar-refractivity contribution in [1.29, 1.82) is 0 Å². The topological polar surface area (TPSA) is 15.3 Å². The van der Waals surface area contributed by atoms with Gasteiger partial charge in [-0.1, -0.05) is 30.3 Å². The molecule has 0 radical (unpaired) electrons. The Hall–Kier alpha value is -0.130. The molecule has 0 amide bonds. The summed E-state index contributed by atoms with van der Waals surface area (Å²) >= 11 is 2.42. The second-order valence-corrected chi connectivity index (χ2v) is 5.74. The predicted molar refractivity (Wildman–Crippen MR) is 76.8 cm³/mol. The van der Waals surface area contributed by atoms with Gasteiger partial charge < -0.3 is 5.32 Å². The zero-order valence-electron chi connectivity index (χ0n) is 9.53. The van der Waals surface area contributed by atoms with Crippen molar-refractivity contribution < 1.29 is 0 Å². The molecule has 1 aromatic rings. The van der Waals surface area contributed by atoms with Crippen LogP contribution in [0, 0.1) is 0 Å². The Balaban J connectivity index is 1.65. The zero-order valence-corrected chi connectivity index (χ0v) is 11.7. The van der Waals surface area contributed by atoms with Crippen LogP contribution in [0.3, 0.4) is 0 Å². The first kappa shape index (κ1) is 12.3. The fourth-order valence-corrected chi connectivity index (χ4v) is 2.67. The van der Waals surface area contributed by atoms with Crippen LogP contribution < -0.4 is 5.32 Å². The van der Waals surface area contributed by atoms with Crippen LogP contribution in [-0.2, 0) is 6.42 Å². The molecule has 0 aliphatic carbocycles. The molecule has 1 aliphatic heterocycles. The molecule has 3 heteroatoms. The van der Waals surface area contributed by atoms with Gasteiger partial charge in [0, 0.05) is 42.0 Å². The zero-order chi connectivity index (χ0) is 11.2. The molecule has 1 aromatic carbocycles. The molecule has 88 valence electrons. The van der Waals surface area contributed by atoms with Crippen molar-refractivity contribution in [1.82, 2.24) is 8.43 Å². The number of hydrogen-bond donors (Lipinski definition) is 1. The molecule has 0 atom stereocenters. The molecule has 2 nitrogen and oxygen atoms in total. The predicted octanol–water partition coefficient (Wildman–Crippen LogP) is 2.63. The summed E-state index contributed by atoms with van der Waals surface area (Å²) in [6, 6.07) is 11.4. The van der Waals surface area contributed by atoms with Crippen LogP contribution in [0.4, 0.5) is 0 Å². The van der Waals surface area contributed by atoms with Gasteiger partial charge in [-0.25, -0.2) is 3.11 Å². The molecule has 0 spiro atoms. The number of halogens is 1. The van der Waals surface area contributed by atoms with Crippen LogP contribution in [0.5, 0.6) is 0 Å². The lowest BCUT2D eigenvalue weighted by molar-refractivity contribution is 0.326. The Morgan fingerprint density at radius 3 is 2.56 bits per heavy atom. The smallest absolute Gasteiger partial charge is 0.0201 e. The molecule has 0 saturated carbocycles. The third kappa shape index (κ3) is 4.03. The van der Waals surface area contributed by atoms with Gasteiger partial charge >= 0.3 is 0 Å². The van der Waals surface area contributed by atoms with Crippen LogP contribution >= 0.6 is 22.9 Å². The highest BCUT2D eigenvalue weighted by molar-refractivity contribution is 14.1. The Bertz CT molecular complexity index is 294. The van der Waals surface area contributed by atoms with Crippen molar-refractivity contribution in [2.24, 2.45) is 0 Å². The highest BCUT2D eigenvalue weighted by Gasteiger charge is 2.16. The Morgan fingerprint density at radius 2 is 1.88 bits per heavy atom. The molecule has 1 N–H and O–H groups in total. The molecular weight excluding hydrogens is 311 g/mol. The van der Waals surface area contributed by atoms with E-state index < -0.39 is 0 Å². The van der Waals surface area contributed by atoms with Gasteiger partial charge in [-0.05, 0) is 31.4 Å². The van der Waals surface area contributed by atoms with Gasteiger partial charge in [-0.2, -0.15) is 0 Å². The highest BCUT2D eigenvalue weighted by Crippen LogP contribution is 2.13. The van der Waals surface area contributed by atoms with Crippen LogP contribution in [0.25, 0.3) is 0 Å². The number of benzene rings is 1. The van der Waals surface area contributed by atoms with Gasteiger partial charge in [-0.3, -0.25) is 0 Å². The van der Waals surface area contributed by atoms with Crippen LogP contribution in [0.15, 0.2) is 30.3 Å². The number of nitrogens with one attached hydrogen (secondary N) is 1. The maximum absolute atomic E-state index is 3.66. The first-order valence-electron chi connectivity index (χ1n) is 6.02. The van der Waals surface area contributed by atoms with E-state index in [1.807, 2.05) is 0 Å². The maximum atomic E-state index is 3.66. The summed E-state index contributed by atoms with van der Waals surface area (Å²) in [5.41, 5.74) is 1.43. The molecule has 0 aromatic heterocycles. The molecule has 0 unspecified atom stereocenters. The maximum Gasteiger partial charge on any atom is 0.0201 e. The monoisotopic (exact) mass is 330 g/mol. The first-order valence-corrected chi connectivity index (χ1v) is 6.99. The Morgan fingerprint density at radius 1 is 1.19 bits per heavy atom. The van der Waals surface area contributed by atoms with Crippen molar-refractivity contribution in [2.75, 3.05) is 19.6 Å². The number of hydrogen-bond acceptors (Lipinski definition) is 2. The average Bonchev–Trinajstić information content (AvgIpc) is 2.33. The van der Waals surface area contributed by atoms with Gasteiger partial charge in [0.1, 0.15) is 0 Å². The lowest BCUT2D eigenvalue weighted by Gasteiger charge is -2.28. The third-order valence-corrected chi connectivity index (χ3v) is 4.09. The summed E-state index contributed by atoms with van der Waals surface area (Å²) in [4.78, 5) is 0. The van der Waals surface area contributed by atoms with Crippen molar-refractivity contribution in [2.45, 2.75) is 25.3 Å². The Kier molecular flexibility index (Phi) is 5.06. The largest absolute Gasteiger partial charge is 0.314 e.